The molecular formula is C13H18BrN3. The first-order chi connectivity index (χ1) is 7.88. The van der Waals surface area contributed by atoms with E-state index >= 15 is 0 Å². The van der Waals surface area contributed by atoms with E-state index in [1.165, 1.54) is 5.56 Å². The Bertz CT molecular complexity index is 425. The summed E-state index contributed by atoms with van der Waals surface area (Å²) in [7, 11) is 0. The van der Waals surface area contributed by atoms with Crippen molar-refractivity contribution in [3.05, 3.63) is 48.5 Å². The zero-order valence-corrected chi connectivity index (χ0v) is 11.7. The van der Waals surface area contributed by atoms with E-state index in [0.717, 1.165) is 25.9 Å². The summed E-state index contributed by atoms with van der Waals surface area (Å²) in [6, 6.07) is 10.5. The molecule has 1 heterocycles. The standard InChI is InChI=1S/C13H18N3.BrH/c1-2-9-16-12-15(11-14-16)10-8-13-6-4-3-5-7-13;/h3-7,11-12H,2,8-10H2,1H3;1H/q+1;/p-1. The summed E-state index contributed by atoms with van der Waals surface area (Å²) >= 11 is 0. The number of rotatable bonds is 5. The van der Waals surface area contributed by atoms with Gasteiger partial charge >= 0.3 is 0 Å². The van der Waals surface area contributed by atoms with Crippen molar-refractivity contribution in [2.75, 3.05) is 0 Å². The van der Waals surface area contributed by atoms with E-state index in [0.29, 0.717) is 0 Å². The molecule has 0 aliphatic rings. The summed E-state index contributed by atoms with van der Waals surface area (Å²) in [5.41, 5.74) is 1.37. The van der Waals surface area contributed by atoms with Gasteiger partial charge in [-0.1, -0.05) is 37.3 Å². The molecule has 0 bridgehead atoms. The van der Waals surface area contributed by atoms with Crippen molar-refractivity contribution in [2.45, 2.75) is 32.9 Å². The van der Waals surface area contributed by atoms with E-state index in [2.05, 4.69) is 53.2 Å². The molecule has 0 saturated heterocycles. The summed E-state index contributed by atoms with van der Waals surface area (Å²) in [5.74, 6) is 0. The Morgan fingerprint density at radius 3 is 2.71 bits per heavy atom. The molecular weight excluding hydrogens is 278 g/mol. The van der Waals surface area contributed by atoms with E-state index in [1.807, 2.05) is 11.0 Å². The maximum atomic E-state index is 4.30. The topological polar surface area (TPSA) is 21.7 Å². The van der Waals surface area contributed by atoms with Gasteiger partial charge in [0, 0.05) is 11.5 Å². The number of aryl methyl sites for hydroxylation is 3. The number of hydrogen-bond acceptors (Lipinski definition) is 1. The maximum Gasteiger partial charge on any atom is 0.265 e. The second-order valence-corrected chi connectivity index (χ2v) is 3.98. The van der Waals surface area contributed by atoms with Crippen LogP contribution in [0.1, 0.15) is 18.9 Å². The van der Waals surface area contributed by atoms with Crippen molar-refractivity contribution in [3.8, 4) is 0 Å². The first-order valence-electron chi connectivity index (χ1n) is 5.84. The summed E-state index contributed by atoms with van der Waals surface area (Å²) in [5, 5.41) is 4.30. The lowest BCUT2D eigenvalue weighted by molar-refractivity contribution is -0.697. The molecule has 1 aromatic carbocycles. The van der Waals surface area contributed by atoms with Gasteiger partial charge in [0.05, 0.1) is 6.54 Å². The number of hydrogen-bond donors (Lipinski definition) is 0. The molecule has 0 atom stereocenters. The summed E-state index contributed by atoms with van der Waals surface area (Å²) in [6.45, 7) is 4.15. The molecule has 92 valence electrons. The third kappa shape index (κ3) is 4.30. The quantitative estimate of drug-likeness (QED) is 0.637. The van der Waals surface area contributed by atoms with E-state index in [9.17, 15) is 0 Å². The SMILES string of the molecule is CCCn1c[n+](CCc2ccccc2)cn1.[Br-]. The molecule has 4 heteroatoms. The van der Waals surface area contributed by atoms with Gasteiger partial charge in [-0.2, -0.15) is 0 Å². The van der Waals surface area contributed by atoms with Crippen molar-refractivity contribution >= 4 is 0 Å². The molecule has 0 amide bonds. The van der Waals surface area contributed by atoms with Crippen LogP contribution in [0.3, 0.4) is 0 Å². The van der Waals surface area contributed by atoms with Gasteiger partial charge in [-0.15, -0.1) is 4.68 Å². The van der Waals surface area contributed by atoms with Gasteiger partial charge in [0.15, 0.2) is 0 Å². The second kappa shape index (κ2) is 7.22. The predicted octanol–water partition coefficient (Wildman–Crippen LogP) is -1.17. The molecule has 0 N–H and O–H groups in total. The maximum absolute atomic E-state index is 4.30. The fourth-order valence-electron chi connectivity index (χ4n) is 1.73. The highest BCUT2D eigenvalue weighted by Crippen LogP contribution is 1.98. The Labute approximate surface area is 113 Å². The summed E-state index contributed by atoms with van der Waals surface area (Å²) in [4.78, 5) is 0. The molecule has 17 heavy (non-hydrogen) atoms. The van der Waals surface area contributed by atoms with Crippen LogP contribution in [0, 0.1) is 0 Å². The van der Waals surface area contributed by atoms with Crippen LogP contribution < -0.4 is 21.5 Å². The van der Waals surface area contributed by atoms with E-state index < -0.39 is 0 Å². The number of benzene rings is 1. The number of aromatic nitrogens is 3. The molecule has 2 rings (SSSR count). The first-order valence-corrected chi connectivity index (χ1v) is 5.84. The predicted molar refractivity (Wildman–Crippen MR) is 62.9 cm³/mol. The van der Waals surface area contributed by atoms with Gasteiger partial charge in [-0.25, -0.2) is 4.57 Å². The smallest absolute Gasteiger partial charge is 0.265 e. The van der Waals surface area contributed by atoms with E-state index in [4.69, 9.17) is 0 Å². The Hall–Kier alpha value is -1.16. The zero-order chi connectivity index (χ0) is 11.2. The molecule has 3 nitrogen and oxygen atoms in total. The molecule has 1 aromatic heterocycles. The molecule has 2 aromatic rings. The van der Waals surface area contributed by atoms with Crippen molar-refractivity contribution in [1.82, 2.24) is 9.78 Å². The van der Waals surface area contributed by atoms with Crippen molar-refractivity contribution in [3.63, 3.8) is 0 Å². The van der Waals surface area contributed by atoms with Gasteiger partial charge in [0.2, 0.25) is 6.33 Å². The van der Waals surface area contributed by atoms with Gasteiger partial charge < -0.3 is 17.0 Å². The van der Waals surface area contributed by atoms with Gasteiger partial charge in [-0.05, 0) is 12.0 Å². The minimum absolute atomic E-state index is 0. The van der Waals surface area contributed by atoms with Crippen LogP contribution in [0.4, 0.5) is 0 Å². The summed E-state index contributed by atoms with van der Waals surface area (Å²) in [6.07, 6.45) is 6.16. The molecule has 0 aliphatic heterocycles. The van der Waals surface area contributed by atoms with E-state index in [-0.39, 0.29) is 17.0 Å². The monoisotopic (exact) mass is 295 g/mol. The Kier molecular flexibility index (Phi) is 5.91. The fourth-order valence-corrected chi connectivity index (χ4v) is 1.73. The number of halogens is 1. The Morgan fingerprint density at radius 2 is 2.00 bits per heavy atom. The second-order valence-electron chi connectivity index (χ2n) is 3.98. The van der Waals surface area contributed by atoms with Gasteiger partial charge in [0.1, 0.15) is 6.54 Å². The molecule has 0 aliphatic carbocycles. The minimum Gasteiger partial charge on any atom is -1.00 e. The van der Waals surface area contributed by atoms with Crippen molar-refractivity contribution in [1.29, 1.82) is 0 Å². The minimum atomic E-state index is 0. The van der Waals surface area contributed by atoms with E-state index in [1.54, 1.807) is 0 Å². The first kappa shape index (κ1) is 13.9. The normalized spacial score (nSPS) is 9.94. The lowest BCUT2D eigenvalue weighted by Crippen LogP contribution is -3.00. The largest absolute Gasteiger partial charge is 1.00 e. The fraction of sp³-hybridized carbons (Fsp3) is 0.385. The average Bonchev–Trinajstić information content (AvgIpc) is 2.76. The molecule has 0 spiro atoms. The van der Waals surface area contributed by atoms with Crippen LogP contribution >= 0.6 is 0 Å². The average molecular weight is 296 g/mol. The van der Waals surface area contributed by atoms with Crippen LogP contribution in [0.5, 0.6) is 0 Å². The third-order valence-electron chi connectivity index (χ3n) is 2.58. The molecule has 0 unspecified atom stereocenters. The lowest BCUT2D eigenvalue weighted by Gasteiger charge is -1.97. The zero-order valence-electron chi connectivity index (χ0n) is 10.1. The molecule has 0 fully saturated rings. The third-order valence-corrected chi connectivity index (χ3v) is 2.58. The van der Waals surface area contributed by atoms with Crippen LogP contribution in [0.15, 0.2) is 43.0 Å². The Morgan fingerprint density at radius 1 is 1.24 bits per heavy atom. The molecule has 0 radical (unpaired) electrons. The highest BCUT2D eigenvalue weighted by Gasteiger charge is 2.04. The van der Waals surface area contributed by atoms with Crippen LogP contribution in [-0.2, 0) is 19.5 Å². The molecule has 0 saturated carbocycles. The van der Waals surface area contributed by atoms with Gasteiger partial charge in [0.25, 0.3) is 6.33 Å². The lowest BCUT2D eigenvalue weighted by atomic mass is 10.1. The van der Waals surface area contributed by atoms with Crippen LogP contribution in [0.2, 0.25) is 0 Å². The summed E-state index contributed by atoms with van der Waals surface area (Å²) < 4.78 is 4.13. The highest BCUT2D eigenvalue weighted by atomic mass is 79.9. The van der Waals surface area contributed by atoms with Crippen LogP contribution in [0.25, 0.3) is 0 Å². The highest BCUT2D eigenvalue weighted by molar-refractivity contribution is 5.14. The number of nitrogens with zero attached hydrogens (tertiary/aromatic N) is 3. The van der Waals surface area contributed by atoms with Gasteiger partial charge in [-0.3, -0.25) is 0 Å². The van der Waals surface area contributed by atoms with Crippen molar-refractivity contribution < 1.29 is 21.5 Å². The Balaban J connectivity index is 0.00000144. The van der Waals surface area contributed by atoms with Crippen LogP contribution in [-0.4, -0.2) is 9.78 Å². The van der Waals surface area contributed by atoms with Crippen molar-refractivity contribution in [2.24, 2.45) is 0 Å².